The molecular weight excluding hydrogens is 508 g/mol. The first-order valence-corrected chi connectivity index (χ1v) is 14.5. The molecule has 1 amide bonds. The summed E-state index contributed by atoms with van der Waals surface area (Å²) in [7, 11) is 0. The molecule has 2 aromatic rings. The second kappa shape index (κ2) is 12.4. The molecule has 2 aromatic carbocycles. The number of likely N-dealkylation sites (tertiary alicyclic amines) is 1. The largest absolute Gasteiger partial charge is 0.872 e. The summed E-state index contributed by atoms with van der Waals surface area (Å²) in [6.45, 7) is 11.4. The zero-order chi connectivity index (χ0) is 28.2. The molecular formula is C32H40N2O6. The van der Waals surface area contributed by atoms with Crippen molar-refractivity contribution in [2.75, 3.05) is 46.0 Å². The van der Waals surface area contributed by atoms with Gasteiger partial charge in [0.2, 0.25) is 5.78 Å². The van der Waals surface area contributed by atoms with E-state index in [1.54, 1.807) is 23.1 Å². The monoisotopic (exact) mass is 548 g/mol. The van der Waals surface area contributed by atoms with Crippen molar-refractivity contribution < 1.29 is 33.8 Å². The number of morpholine rings is 1. The Morgan fingerprint density at radius 3 is 2.73 bits per heavy atom. The molecule has 2 atom stereocenters. The van der Waals surface area contributed by atoms with E-state index in [1.165, 1.54) is 4.90 Å². The van der Waals surface area contributed by atoms with Crippen LogP contribution in [0.25, 0.3) is 5.76 Å². The Kier molecular flexibility index (Phi) is 8.76. The number of ketones is 1. The second-order valence-corrected chi connectivity index (χ2v) is 11.5. The van der Waals surface area contributed by atoms with Crippen molar-refractivity contribution >= 4 is 17.4 Å². The number of fused-ring (bicyclic) bond motifs is 1. The normalized spacial score (nSPS) is 22.6. The molecule has 2 saturated heterocycles. The van der Waals surface area contributed by atoms with E-state index >= 15 is 0 Å². The number of benzene rings is 2. The van der Waals surface area contributed by atoms with Gasteiger partial charge in [-0.1, -0.05) is 37.8 Å². The van der Waals surface area contributed by atoms with Crippen LogP contribution in [0.5, 0.6) is 11.5 Å². The Morgan fingerprint density at radius 2 is 1.95 bits per heavy atom. The summed E-state index contributed by atoms with van der Waals surface area (Å²) in [5.41, 5.74) is 2.07. The van der Waals surface area contributed by atoms with Gasteiger partial charge < -0.3 is 29.1 Å². The third-order valence-corrected chi connectivity index (χ3v) is 7.95. The van der Waals surface area contributed by atoms with Gasteiger partial charge in [0.25, 0.3) is 5.91 Å². The zero-order valence-electron chi connectivity index (χ0n) is 23.7. The van der Waals surface area contributed by atoms with Crippen LogP contribution in [0.4, 0.5) is 0 Å². The summed E-state index contributed by atoms with van der Waals surface area (Å²) in [6, 6.07) is 12.0. The average molecular weight is 549 g/mol. The maximum atomic E-state index is 13.9. The van der Waals surface area contributed by atoms with E-state index in [4.69, 9.17) is 14.2 Å². The Morgan fingerprint density at radius 1 is 1.15 bits per heavy atom. The van der Waals surface area contributed by atoms with Crippen LogP contribution in [0.3, 0.4) is 0 Å². The van der Waals surface area contributed by atoms with E-state index in [-0.39, 0.29) is 11.7 Å². The van der Waals surface area contributed by atoms with Gasteiger partial charge in [0.1, 0.15) is 30.7 Å². The lowest BCUT2D eigenvalue weighted by Crippen LogP contribution is -3.14. The first-order valence-electron chi connectivity index (χ1n) is 14.5. The van der Waals surface area contributed by atoms with E-state index in [0.717, 1.165) is 57.0 Å². The first kappa shape index (κ1) is 28.2. The van der Waals surface area contributed by atoms with Crippen LogP contribution in [0.1, 0.15) is 56.3 Å². The molecule has 3 aliphatic heterocycles. The number of quaternary nitrogens is 1. The van der Waals surface area contributed by atoms with Crippen molar-refractivity contribution in [1.82, 2.24) is 4.90 Å². The van der Waals surface area contributed by atoms with Gasteiger partial charge in [-0.25, -0.2) is 0 Å². The predicted molar refractivity (Wildman–Crippen MR) is 149 cm³/mol. The van der Waals surface area contributed by atoms with Gasteiger partial charge in [0.05, 0.1) is 32.4 Å². The van der Waals surface area contributed by atoms with Crippen molar-refractivity contribution in [2.24, 2.45) is 5.92 Å². The van der Waals surface area contributed by atoms with Crippen molar-refractivity contribution in [3.8, 4) is 11.5 Å². The van der Waals surface area contributed by atoms with Crippen molar-refractivity contribution in [3.05, 3.63) is 64.7 Å². The molecule has 0 aromatic heterocycles. The number of ether oxygens (including phenoxy) is 3. The second-order valence-electron chi connectivity index (χ2n) is 11.5. The van der Waals surface area contributed by atoms with Crippen molar-refractivity contribution in [1.29, 1.82) is 0 Å². The molecule has 2 unspecified atom stereocenters. The minimum absolute atomic E-state index is 0.00923. The lowest BCUT2D eigenvalue weighted by molar-refractivity contribution is -0.908. The summed E-state index contributed by atoms with van der Waals surface area (Å²) in [5.74, 6) is 0.198. The molecule has 1 N–H and O–H groups in total. The van der Waals surface area contributed by atoms with Gasteiger partial charge in [-0.15, -0.1) is 0 Å². The quantitative estimate of drug-likeness (QED) is 0.277. The molecule has 3 heterocycles. The number of hydrogen-bond acceptors (Lipinski definition) is 6. The maximum absolute atomic E-state index is 13.9. The van der Waals surface area contributed by atoms with Crippen LogP contribution >= 0.6 is 0 Å². The molecule has 2 fully saturated rings. The smallest absolute Gasteiger partial charge is 0.295 e. The van der Waals surface area contributed by atoms with Gasteiger partial charge in [0.15, 0.2) is 0 Å². The summed E-state index contributed by atoms with van der Waals surface area (Å²) in [4.78, 5) is 29.9. The fraction of sp³-hybridized carbons (Fsp3) is 0.500. The minimum atomic E-state index is -0.760. The molecule has 3 aliphatic rings. The Balaban J connectivity index is 1.47. The lowest BCUT2D eigenvalue weighted by Gasteiger charge is -2.29. The number of nitrogens with one attached hydrogen (secondary N) is 1. The molecule has 0 bridgehead atoms. The summed E-state index contributed by atoms with van der Waals surface area (Å²) < 4.78 is 17.3. The highest BCUT2D eigenvalue weighted by Crippen LogP contribution is 2.40. The first-order chi connectivity index (χ1) is 19.3. The van der Waals surface area contributed by atoms with E-state index in [1.807, 2.05) is 31.2 Å². The molecule has 0 spiro atoms. The van der Waals surface area contributed by atoms with Gasteiger partial charge in [-0.3, -0.25) is 9.59 Å². The molecule has 5 rings (SSSR count). The van der Waals surface area contributed by atoms with Crippen LogP contribution in [0.2, 0.25) is 0 Å². The fourth-order valence-corrected chi connectivity index (χ4v) is 5.76. The van der Waals surface area contributed by atoms with Gasteiger partial charge in [-0.2, -0.15) is 0 Å². The highest BCUT2D eigenvalue weighted by molar-refractivity contribution is 6.46. The predicted octanol–water partition coefficient (Wildman–Crippen LogP) is 1.96. The van der Waals surface area contributed by atoms with Crippen molar-refractivity contribution in [2.45, 2.75) is 52.2 Å². The number of carbonyl (C=O) groups excluding carboxylic acids is 2. The molecule has 8 heteroatoms. The Labute approximate surface area is 236 Å². The maximum Gasteiger partial charge on any atom is 0.295 e. The molecule has 0 saturated carbocycles. The van der Waals surface area contributed by atoms with E-state index in [9.17, 15) is 14.7 Å². The third kappa shape index (κ3) is 6.18. The molecule has 8 nitrogen and oxygen atoms in total. The van der Waals surface area contributed by atoms with Crippen molar-refractivity contribution in [3.63, 3.8) is 0 Å². The Hall–Kier alpha value is -3.36. The number of hydrogen-bond donors (Lipinski definition) is 1. The Bertz CT molecular complexity index is 1270. The number of amides is 1. The third-order valence-electron chi connectivity index (χ3n) is 7.95. The van der Waals surface area contributed by atoms with Gasteiger partial charge in [-0.05, 0) is 60.2 Å². The average Bonchev–Trinajstić information content (AvgIpc) is 3.44. The number of Topliss-reactive ketones (excluding diaryl/α,β-unsaturated/α-hetero) is 1. The number of rotatable bonds is 10. The molecule has 40 heavy (non-hydrogen) atoms. The number of nitrogens with zero attached hydrogens (tertiary/aromatic N) is 1. The SMILES string of the molecule is CC(C)CCOc1cccc(C2/C(=C(\[O-])c3ccc4c(c3)CC(C)O4)C(=O)C(=O)N2CCC[NH+]2CCOCC2)c1. The standard InChI is InChI=1S/C32H40N2O6/c1-21(2)10-15-39-26-7-4-6-23(20-26)29-28(30(35)24-8-9-27-25(19-24)18-22(3)40-27)31(36)32(37)34(29)12-5-11-33-13-16-38-17-14-33/h4,6-9,19-22,29,35H,5,10-18H2,1-3H3/b30-28+. The minimum Gasteiger partial charge on any atom is -0.872 e. The highest BCUT2D eigenvalue weighted by atomic mass is 16.5. The lowest BCUT2D eigenvalue weighted by atomic mass is 9.94. The van der Waals surface area contributed by atoms with Crippen LogP contribution in [0, 0.1) is 5.92 Å². The highest BCUT2D eigenvalue weighted by Gasteiger charge is 2.44. The summed E-state index contributed by atoms with van der Waals surface area (Å²) in [6.07, 6.45) is 2.38. The van der Waals surface area contributed by atoms with Gasteiger partial charge in [0, 0.05) is 25.0 Å². The molecule has 214 valence electrons. The van der Waals surface area contributed by atoms with Crippen LogP contribution in [-0.2, 0) is 20.7 Å². The van der Waals surface area contributed by atoms with Crippen LogP contribution < -0.4 is 19.5 Å². The topological polar surface area (TPSA) is 92.6 Å². The molecule has 0 radical (unpaired) electrons. The van der Waals surface area contributed by atoms with Crippen LogP contribution in [0.15, 0.2) is 48.0 Å². The number of carbonyl (C=O) groups is 2. The summed E-state index contributed by atoms with van der Waals surface area (Å²) >= 11 is 0. The summed E-state index contributed by atoms with van der Waals surface area (Å²) in [5, 5.41) is 13.9. The zero-order valence-corrected chi connectivity index (χ0v) is 23.7. The van der Waals surface area contributed by atoms with E-state index in [0.29, 0.717) is 42.4 Å². The van der Waals surface area contributed by atoms with Gasteiger partial charge >= 0.3 is 0 Å². The molecule has 0 aliphatic carbocycles. The van der Waals surface area contributed by atoms with E-state index < -0.39 is 23.5 Å². The van der Waals surface area contributed by atoms with E-state index in [2.05, 4.69) is 13.8 Å². The fourth-order valence-electron chi connectivity index (χ4n) is 5.76. The van der Waals surface area contributed by atoms with Crippen LogP contribution in [-0.4, -0.2) is 68.7 Å².